The highest BCUT2D eigenvalue weighted by Gasteiger charge is 2.33. The molecule has 0 radical (unpaired) electrons. The van der Waals surface area contributed by atoms with Crippen LogP contribution in [0.4, 0.5) is 0 Å². The molecule has 5 nitrogen and oxygen atoms in total. The van der Waals surface area contributed by atoms with Crippen molar-refractivity contribution >= 4 is 34.7 Å². The van der Waals surface area contributed by atoms with E-state index in [2.05, 4.69) is 31.0 Å². The Morgan fingerprint density at radius 2 is 2.00 bits per heavy atom. The summed E-state index contributed by atoms with van der Waals surface area (Å²) < 4.78 is 7.52. The molecular weight excluding hydrogens is 428 g/mol. The summed E-state index contributed by atoms with van der Waals surface area (Å²) in [6.45, 7) is 8.15. The third kappa shape index (κ3) is 4.07. The Morgan fingerprint density at radius 3 is 2.61 bits per heavy atom. The first kappa shape index (κ1) is 21.5. The maximum Gasteiger partial charge on any atom is 0.338 e. The van der Waals surface area contributed by atoms with Crippen molar-refractivity contribution in [3.8, 4) is 0 Å². The van der Waals surface area contributed by atoms with Crippen LogP contribution >= 0.6 is 22.7 Å². The molecule has 3 aromatic rings. The van der Waals surface area contributed by atoms with Crippen molar-refractivity contribution in [2.24, 2.45) is 4.99 Å². The highest BCUT2D eigenvalue weighted by Crippen LogP contribution is 2.33. The number of esters is 1. The average Bonchev–Trinajstić information content (AvgIpc) is 3.36. The molecule has 1 aliphatic rings. The lowest BCUT2D eigenvalue weighted by atomic mass is 10.0. The van der Waals surface area contributed by atoms with Crippen LogP contribution in [0, 0.1) is 0 Å². The Bertz CT molecular complexity index is 1310. The maximum absolute atomic E-state index is 13.4. The monoisotopic (exact) mass is 452 g/mol. The summed E-state index contributed by atoms with van der Waals surface area (Å²) in [7, 11) is 0. The molecule has 3 heterocycles. The Kier molecular flexibility index (Phi) is 6.07. The number of hydrogen-bond donors (Lipinski definition) is 0. The van der Waals surface area contributed by atoms with Gasteiger partial charge in [0.25, 0.3) is 5.56 Å². The van der Waals surface area contributed by atoms with Gasteiger partial charge in [-0.15, -0.1) is 11.3 Å². The Labute approximate surface area is 188 Å². The summed E-state index contributed by atoms with van der Waals surface area (Å²) in [6.07, 6.45) is 1.89. The van der Waals surface area contributed by atoms with E-state index in [4.69, 9.17) is 4.74 Å². The van der Waals surface area contributed by atoms with Gasteiger partial charge in [-0.3, -0.25) is 9.36 Å². The Hall–Kier alpha value is -2.77. The van der Waals surface area contributed by atoms with E-state index in [0.717, 1.165) is 10.4 Å². The molecule has 1 aromatic carbocycles. The number of carbonyl (C=O) groups is 1. The fourth-order valence-corrected chi connectivity index (χ4v) is 5.51. The molecule has 0 saturated heterocycles. The molecular formula is C24H24N2O3S2. The summed E-state index contributed by atoms with van der Waals surface area (Å²) >= 11 is 2.86. The van der Waals surface area contributed by atoms with E-state index in [9.17, 15) is 9.59 Å². The molecule has 0 saturated carbocycles. The molecule has 0 spiro atoms. The van der Waals surface area contributed by atoms with Crippen molar-refractivity contribution in [1.29, 1.82) is 0 Å². The molecule has 160 valence electrons. The minimum Gasteiger partial charge on any atom is -0.463 e. The van der Waals surface area contributed by atoms with Gasteiger partial charge >= 0.3 is 5.97 Å². The number of benzene rings is 1. The molecule has 0 unspecified atom stereocenters. The number of carbonyl (C=O) groups excluding carboxylic acids is 1. The molecule has 1 atom stereocenters. The van der Waals surface area contributed by atoms with Crippen LogP contribution in [0.5, 0.6) is 0 Å². The van der Waals surface area contributed by atoms with Crippen LogP contribution in [0.25, 0.3) is 6.08 Å². The van der Waals surface area contributed by atoms with Gasteiger partial charge in [-0.2, -0.15) is 0 Å². The van der Waals surface area contributed by atoms with Crippen LogP contribution in [0.2, 0.25) is 0 Å². The molecule has 0 fully saturated rings. The average molecular weight is 453 g/mol. The second kappa shape index (κ2) is 8.77. The van der Waals surface area contributed by atoms with Crippen molar-refractivity contribution in [3.05, 3.63) is 88.7 Å². The molecule has 0 N–H and O–H groups in total. The first-order valence-electron chi connectivity index (χ1n) is 10.2. The van der Waals surface area contributed by atoms with Crippen molar-refractivity contribution in [3.63, 3.8) is 0 Å². The molecule has 0 aliphatic carbocycles. The summed E-state index contributed by atoms with van der Waals surface area (Å²) in [6, 6.07) is 11.6. The molecule has 0 amide bonds. The van der Waals surface area contributed by atoms with Crippen molar-refractivity contribution in [2.75, 3.05) is 6.61 Å². The van der Waals surface area contributed by atoms with Crippen molar-refractivity contribution in [1.82, 2.24) is 4.57 Å². The van der Waals surface area contributed by atoms with E-state index in [1.165, 1.54) is 28.2 Å². The van der Waals surface area contributed by atoms with Gasteiger partial charge in [0.2, 0.25) is 0 Å². The predicted octanol–water partition coefficient (Wildman–Crippen LogP) is 3.98. The molecule has 7 heteroatoms. The zero-order chi connectivity index (χ0) is 22.1. The second-order valence-electron chi connectivity index (χ2n) is 7.64. The lowest BCUT2D eigenvalue weighted by Gasteiger charge is -2.23. The third-order valence-corrected chi connectivity index (χ3v) is 7.14. The van der Waals surface area contributed by atoms with Crippen LogP contribution < -0.4 is 14.9 Å². The SMILES string of the molecule is CCOC(=O)C1=C(C)N=c2s/c(=C/c3ccc(C(C)C)cc3)c(=O)n2[C@H]1c1cccs1. The van der Waals surface area contributed by atoms with Crippen LogP contribution in [-0.2, 0) is 9.53 Å². The summed E-state index contributed by atoms with van der Waals surface area (Å²) in [5.41, 5.74) is 3.08. The lowest BCUT2D eigenvalue weighted by Crippen LogP contribution is -2.39. The van der Waals surface area contributed by atoms with Crippen LogP contribution in [-0.4, -0.2) is 17.1 Å². The quantitative estimate of drug-likeness (QED) is 0.550. The van der Waals surface area contributed by atoms with Gasteiger partial charge in [0, 0.05) is 4.88 Å². The topological polar surface area (TPSA) is 60.7 Å². The number of allylic oxidation sites excluding steroid dienone is 1. The van der Waals surface area contributed by atoms with E-state index in [-0.39, 0.29) is 12.2 Å². The predicted molar refractivity (Wildman–Crippen MR) is 125 cm³/mol. The van der Waals surface area contributed by atoms with E-state index < -0.39 is 12.0 Å². The number of rotatable bonds is 5. The lowest BCUT2D eigenvalue weighted by molar-refractivity contribution is -0.139. The number of thiophene rings is 1. The highest BCUT2D eigenvalue weighted by molar-refractivity contribution is 7.10. The zero-order valence-corrected chi connectivity index (χ0v) is 19.5. The molecule has 0 bridgehead atoms. The standard InChI is InChI=1S/C24H24N2O3S2/c1-5-29-23(28)20-15(4)25-24-26(21(20)18-7-6-12-30-18)22(27)19(31-24)13-16-8-10-17(11-9-16)14(2)3/h6-14,21H,5H2,1-4H3/b19-13+/t21-/m0/s1. The fourth-order valence-electron chi connectivity index (χ4n) is 3.64. The van der Waals surface area contributed by atoms with Gasteiger partial charge < -0.3 is 4.74 Å². The van der Waals surface area contributed by atoms with Crippen LogP contribution in [0.1, 0.15) is 55.7 Å². The molecule has 1 aliphatic heterocycles. The number of aromatic nitrogens is 1. The zero-order valence-electron chi connectivity index (χ0n) is 17.9. The molecule has 2 aromatic heterocycles. The molecule has 4 rings (SSSR count). The minimum atomic E-state index is -0.527. The number of thiazole rings is 1. The van der Waals surface area contributed by atoms with E-state index in [1.54, 1.807) is 18.4 Å². The first-order chi connectivity index (χ1) is 14.9. The third-order valence-electron chi connectivity index (χ3n) is 5.23. The number of hydrogen-bond acceptors (Lipinski definition) is 6. The highest BCUT2D eigenvalue weighted by atomic mass is 32.1. The van der Waals surface area contributed by atoms with Gasteiger partial charge in [-0.1, -0.05) is 55.5 Å². The maximum atomic E-state index is 13.4. The van der Waals surface area contributed by atoms with E-state index >= 15 is 0 Å². The second-order valence-corrected chi connectivity index (χ2v) is 9.63. The Morgan fingerprint density at radius 1 is 1.26 bits per heavy atom. The first-order valence-corrected chi connectivity index (χ1v) is 11.9. The summed E-state index contributed by atoms with van der Waals surface area (Å²) in [4.78, 5) is 32.3. The summed E-state index contributed by atoms with van der Waals surface area (Å²) in [5, 5.41) is 1.94. The number of nitrogens with zero attached hydrogens (tertiary/aromatic N) is 2. The van der Waals surface area contributed by atoms with Gasteiger partial charge in [0.15, 0.2) is 4.80 Å². The van der Waals surface area contributed by atoms with Crippen molar-refractivity contribution in [2.45, 2.75) is 39.7 Å². The van der Waals surface area contributed by atoms with Gasteiger partial charge in [-0.25, -0.2) is 9.79 Å². The van der Waals surface area contributed by atoms with Crippen LogP contribution in [0.15, 0.2) is 62.8 Å². The number of fused-ring (bicyclic) bond motifs is 1. The minimum absolute atomic E-state index is 0.149. The smallest absolute Gasteiger partial charge is 0.338 e. The largest absolute Gasteiger partial charge is 0.463 e. The Balaban J connectivity index is 1.87. The van der Waals surface area contributed by atoms with Gasteiger partial charge in [0.1, 0.15) is 6.04 Å². The van der Waals surface area contributed by atoms with E-state index in [0.29, 0.717) is 26.5 Å². The number of ether oxygens (including phenoxy) is 1. The fraction of sp³-hybridized carbons (Fsp3) is 0.292. The summed E-state index contributed by atoms with van der Waals surface area (Å²) in [5.74, 6) is 0.0233. The molecule has 31 heavy (non-hydrogen) atoms. The van der Waals surface area contributed by atoms with Gasteiger partial charge in [-0.05, 0) is 48.4 Å². The van der Waals surface area contributed by atoms with Crippen molar-refractivity contribution < 1.29 is 9.53 Å². The van der Waals surface area contributed by atoms with Gasteiger partial charge in [0.05, 0.1) is 22.4 Å². The van der Waals surface area contributed by atoms with E-state index in [1.807, 2.05) is 35.7 Å². The van der Waals surface area contributed by atoms with Crippen LogP contribution in [0.3, 0.4) is 0 Å². The normalized spacial score (nSPS) is 16.4.